The van der Waals surface area contributed by atoms with Crippen molar-refractivity contribution in [2.75, 3.05) is 6.61 Å². The molecule has 11 nitrogen and oxygen atoms in total. The Morgan fingerprint density at radius 2 is 1.57 bits per heavy atom. The van der Waals surface area contributed by atoms with Gasteiger partial charge in [0.15, 0.2) is 0 Å². The van der Waals surface area contributed by atoms with Crippen LogP contribution < -0.4 is 11.1 Å². The molecule has 238 valence electrons. The van der Waals surface area contributed by atoms with Gasteiger partial charge in [0.25, 0.3) is 0 Å². The van der Waals surface area contributed by atoms with Crippen molar-refractivity contribution in [3.05, 3.63) is 88.4 Å². The molecule has 12 heteroatoms. The first-order valence-corrected chi connectivity index (χ1v) is 15.4. The summed E-state index contributed by atoms with van der Waals surface area (Å²) in [5.74, 6) is -1.12. The fraction of sp³-hybridized carbons (Fsp3) is 0.438. The molecule has 0 bridgehead atoms. The first-order valence-electron chi connectivity index (χ1n) is 14.5. The van der Waals surface area contributed by atoms with Crippen molar-refractivity contribution in [2.24, 2.45) is 11.7 Å². The maximum Gasteiger partial charge on any atom is 0.410 e. The molecule has 3 rings (SSSR count). The zero-order chi connectivity index (χ0) is 32.1. The summed E-state index contributed by atoms with van der Waals surface area (Å²) in [7, 11) is 0. The molecule has 0 aliphatic carbocycles. The van der Waals surface area contributed by atoms with Crippen LogP contribution in [0.2, 0.25) is 0 Å². The van der Waals surface area contributed by atoms with E-state index in [4.69, 9.17) is 15.2 Å². The third kappa shape index (κ3) is 10.9. The van der Waals surface area contributed by atoms with E-state index in [1.165, 1.54) is 23.2 Å². The summed E-state index contributed by atoms with van der Waals surface area (Å²) in [6.45, 7) is 4.74. The molecule has 0 aliphatic rings. The number of thiazole rings is 1. The molecular formula is C32H42N4O7S. The highest BCUT2D eigenvalue weighted by atomic mass is 32.1. The van der Waals surface area contributed by atoms with E-state index in [0.29, 0.717) is 0 Å². The van der Waals surface area contributed by atoms with E-state index in [9.17, 15) is 24.6 Å². The van der Waals surface area contributed by atoms with Crippen molar-refractivity contribution < 1.29 is 34.1 Å². The number of rotatable bonds is 16. The van der Waals surface area contributed by atoms with Crippen LogP contribution in [-0.2, 0) is 33.7 Å². The number of benzene rings is 2. The van der Waals surface area contributed by atoms with E-state index in [1.54, 1.807) is 25.6 Å². The van der Waals surface area contributed by atoms with Crippen LogP contribution in [0.15, 0.2) is 72.4 Å². The minimum atomic E-state index is -1.19. The number of aliphatic hydroxyl groups is 2. The number of amides is 3. The van der Waals surface area contributed by atoms with Gasteiger partial charge < -0.3 is 30.7 Å². The number of carbonyl (C=O) groups is 3. The van der Waals surface area contributed by atoms with Gasteiger partial charge in [0.1, 0.15) is 19.3 Å². The number of hydrogen-bond donors (Lipinski definition) is 4. The van der Waals surface area contributed by atoms with Crippen LogP contribution in [0.4, 0.5) is 9.59 Å². The van der Waals surface area contributed by atoms with Gasteiger partial charge in [-0.1, -0.05) is 74.5 Å². The van der Waals surface area contributed by atoms with E-state index in [0.717, 1.165) is 16.0 Å². The summed E-state index contributed by atoms with van der Waals surface area (Å²) in [5.41, 5.74) is 9.17. The number of ether oxygens (including phenoxy) is 2. The van der Waals surface area contributed by atoms with Crippen LogP contribution >= 0.6 is 11.3 Å². The van der Waals surface area contributed by atoms with E-state index < -0.39 is 48.4 Å². The van der Waals surface area contributed by atoms with Gasteiger partial charge in [0.2, 0.25) is 5.91 Å². The lowest BCUT2D eigenvalue weighted by atomic mass is 9.90. The third-order valence-corrected chi connectivity index (χ3v) is 7.75. The molecule has 5 unspecified atom stereocenters. The van der Waals surface area contributed by atoms with Crippen molar-refractivity contribution in [1.29, 1.82) is 0 Å². The van der Waals surface area contributed by atoms with Gasteiger partial charge in [-0.05, 0) is 43.2 Å². The Hall–Kier alpha value is -4.00. The second-order valence-corrected chi connectivity index (χ2v) is 12.0. The van der Waals surface area contributed by atoms with Crippen LogP contribution in [0.25, 0.3) is 0 Å². The Labute approximate surface area is 262 Å². The minimum absolute atomic E-state index is 0.0266. The molecule has 1 heterocycles. The molecule has 0 aliphatic heterocycles. The lowest BCUT2D eigenvalue weighted by Gasteiger charge is -2.39. The molecule has 0 saturated heterocycles. The third-order valence-electron chi connectivity index (χ3n) is 7.00. The molecule has 0 spiro atoms. The highest BCUT2D eigenvalue weighted by Crippen LogP contribution is 2.24. The predicted octanol–water partition coefficient (Wildman–Crippen LogP) is 3.67. The van der Waals surface area contributed by atoms with Gasteiger partial charge in [-0.25, -0.2) is 9.59 Å². The van der Waals surface area contributed by atoms with Gasteiger partial charge in [0.05, 0.1) is 28.6 Å². The molecule has 2 aromatic carbocycles. The Balaban J connectivity index is 1.94. The van der Waals surface area contributed by atoms with Crippen molar-refractivity contribution >= 4 is 29.4 Å². The van der Waals surface area contributed by atoms with Crippen LogP contribution in [0.1, 0.15) is 43.2 Å². The van der Waals surface area contributed by atoms with Gasteiger partial charge >= 0.3 is 12.2 Å². The smallest absolute Gasteiger partial charge is 0.410 e. The number of nitrogens with zero attached hydrogens (tertiary/aromatic N) is 2. The molecule has 5 atom stereocenters. The van der Waals surface area contributed by atoms with Gasteiger partial charge in [-0.15, -0.1) is 11.3 Å². The number of hydrogen-bond acceptors (Lipinski definition) is 9. The number of aromatic nitrogens is 1. The first kappa shape index (κ1) is 34.5. The van der Waals surface area contributed by atoms with Gasteiger partial charge in [-0.2, -0.15) is 0 Å². The average Bonchev–Trinajstić information content (AvgIpc) is 3.51. The molecule has 0 fully saturated rings. The van der Waals surface area contributed by atoms with Gasteiger partial charge in [0, 0.05) is 12.2 Å². The number of nitrogens with two attached hydrogens (primary N) is 1. The molecule has 0 saturated carbocycles. The molecular weight excluding hydrogens is 584 g/mol. The normalized spacial score (nSPS) is 14.6. The van der Waals surface area contributed by atoms with Crippen molar-refractivity contribution in [3.63, 3.8) is 0 Å². The monoisotopic (exact) mass is 626 g/mol. The SMILES string of the molecule is CC(O)COC(=O)N(C(Cc1ccccc1)CC(O)C(Cc1ccccc1)NC(=O)OCc1cncs1)C(C(N)=O)C(C)C. The number of carbonyl (C=O) groups excluding carboxylic acids is 3. The number of nitrogens with one attached hydrogen (secondary N) is 1. The van der Waals surface area contributed by atoms with Crippen LogP contribution in [-0.4, -0.2) is 75.1 Å². The van der Waals surface area contributed by atoms with Crippen molar-refractivity contribution in [2.45, 2.75) is 77.0 Å². The Morgan fingerprint density at radius 3 is 2.09 bits per heavy atom. The Morgan fingerprint density at radius 1 is 0.955 bits per heavy atom. The summed E-state index contributed by atoms with van der Waals surface area (Å²) in [5, 5.41) is 24.3. The predicted molar refractivity (Wildman–Crippen MR) is 167 cm³/mol. The summed E-state index contributed by atoms with van der Waals surface area (Å²) in [6.07, 6.45) is -1.58. The lowest BCUT2D eigenvalue weighted by molar-refractivity contribution is -0.125. The quantitative estimate of drug-likeness (QED) is 0.187. The second-order valence-electron chi connectivity index (χ2n) is 11.1. The van der Waals surface area contributed by atoms with E-state index in [2.05, 4.69) is 10.3 Å². The van der Waals surface area contributed by atoms with Crippen LogP contribution in [0.3, 0.4) is 0 Å². The fourth-order valence-electron chi connectivity index (χ4n) is 4.96. The number of aliphatic hydroxyl groups excluding tert-OH is 2. The summed E-state index contributed by atoms with van der Waals surface area (Å²) in [6, 6.07) is 16.0. The molecule has 3 aromatic rings. The van der Waals surface area contributed by atoms with Crippen molar-refractivity contribution in [3.8, 4) is 0 Å². The standard InChI is InChI=1S/C32H42N4O7S/c1-21(2)29(30(33)39)36(32(41)43-18-22(3)37)25(14-23-10-6-4-7-11-23)16-28(38)27(15-24-12-8-5-9-13-24)35-31(40)42-19-26-17-34-20-44-26/h4-13,17,20-22,25,27-29,37-38H,14-16,18-19H2,1-3H3,(H2,33,39)(H,35,40). The van der Waals surface area contributed by atoms with E-state index in [-0.39, 0.29) is 38.4 Å². The maximum atomic E-state index is 13.6. The maximum absolute atomic E-state index is 13.6. The Bertz CT molecular complexity index is 1290. The summed E-state index contributed by atoms with van der Waals surface area (Å²) >= 11 is 1.35. The topological polar surface area (TPSA) is 164 Å². The summed E-state index contributed by atoms with van der Waals surface area (Å²) in [4.78, 5) is 45.2. The summed E-state index contributed by atoms with van der Waals surface area (Å²) < 4.78 is 10.8. The highest BCUT2D eigenvalue weighted by Gasteiger charge is 2.39. The first-order chi connectivity index (χ1) is 21.0. The molecule has 5 N–H and O–H groups in total. The van der Waals surface area contributed by atoms with Crippen LogP contribution in [0.5, 0.6) is 0 Å². The second kappa shape index (κ2) is 17.3. The van der Waals surface area contributed by atoms with Crippen molar-refractivity contribution in [1.82, 2.24) is 15.2 Å². The van der Waals surface area contributed by atoms with Gasteiger partial charge in [-0.3, -0.25) is 14.7 Å². The minimum Gasteiger partial charge on any atom is -0.447 e. The molecule has 1 aromatic heterocycles. The zero-order valence-electron chi connectivity index (χ0n) is 25.2. The fourth-order valence-corrected chi connectivity index (χ4v) is 5.47. The molecule has 44 heavy (non-hydrogen) atoms. The lowest BCUT2D eigenvalue weighted by Crippen LogP contribution is -2.58. The molecule has 0 radical (unpaired) electrons. The van der Waals surface area contributed by atoms with E-state index in [1.807, 2.05) is 60.7 Å². The zero-order valence-corrected chi connectivity index (χ0v) is 26.1. The highest BCUT2D eigenvalue weighted by molar-refractivity contribution is 7.09. The largest absolute Gasteiger partial charge is 0.447 e. The molecule has 3 amide bonds. The van der Waals surface area contributed by atoms with Crippen LogP contribution in [0, 0.1) is 5.92 Å². The number of alkyl carbamates (subject to hydrolysis) is 1. The Kier molecular flexibility index (Phi) is 13.6. The average molecular weight is 627 g/mol. The van der Waals surface area contributed by atoms with E-state index >= 15 is 0 Å². The number of primary amides is 1.